The molecule has 0 spiro atoms. The number of thiophene rings is 1. The number of fused-ring (bicyclic) bond motifs is 3. The van der Waals surface area contributed by atoms with Gasteiger partial charge in [0.1, 0.15) is 0 Å². The van der Waals surface area contributed by atoms with E-state index in [1.807, 2.05) is 25.3 Å². The van der Waals surface area contributed by atoms with Crippen LogP contribution in [0.5, 0.6) is 0 Å². The molecule has 0 aliphatic rings. The molecule has 0 unspecified atom stereocenters. The van der Waals surface area contributed by atoms with E-state index in [1.165, 1.54) is 4.52 Å². The molecule has 4 rings (SSSR count). The van der Waals surface area contributed by atoms with Crippen molar-refractivity contribution in [2.45, 2.75) is 37.6 Å². The smallest absolute Gasteiger partial charge is 0.229 e. The highest BCUT2D eigenvalue weighted by Gasteiger charge is 2.28. The van der Waals surface area contributed by atoms with Crippen molar-refractivity contribution in [2.75, 3.05) is 18.0 Å². The van der Waals surface area contributed by atoms with Gasteiger partial charge in [0, 0.05) is 13.1 Å². The van der Waals surface area contributed by atoms with Crippen molar-refractivity contribution in [2.24, 2.45) is 0 Å². The van der Waals surface area contributed by atoms with Crippen LogP contribution in [0.1, 0.15) is 25.0 Å². The number of nitrogens with zero attached hydrogens (tertiary/aromatic N) is 5. The van der Waals surface area contributed by atoms with Crippen LogP contribution in [0.3, 0.4) is 0 Å². The first-order valence-corrected chi connectivity index (χ1v) is 11.4. The number of benzene rings is 1. The molecule has 0 amide bonds. The zero-order chi connectivity index (χ0) is 20.1. The molecule has 0 aliphatic heterocycles. The topological polar surface area (TPSA) is 80.5 Å². The molecule has 0 atom stereocenters. The van der Waals surface area contributed by atoms with Crippen molar-refractivity contribution < 1.29 is 8.42 Å². The number of anilines is 1. The van der Waals surface area contributed by atoms with Gasteiger partial charge in [-0.1, -0.05) is 11.3 Å². The predicted octanol–water partition coefficient (Wildman–Crippen LogP) is 3.63. The summed E-state index contributed by atoms with van der Waals surface area (Å²) in [6.45, 7) is 9.49. The number of rotatable bonds is 5. The van der Waals surface area contributed by atoms with Crippen molar-refractivity contribution in [3.05, 3.63) is 40.8 Å². The van der Waals surface area contributed by atoms with Crippen LogP contribution >= 0.6 is 11.3 Å². The summed E-state index contributed by atoms with van der Waals surface area (Å²) in [6, 6.07) is 7.00. The molecule has 0 saturated heterocycles. The van der Waals surface area contributed by atoms with Gasteiger partial charge < -0.3 is 4.90 Å². The Labute approximate surface area is 167 Å². The van der Waals surface area contributed by atoms with Crippen LogP contribution < -0.4 is 4.90 Å². The van der Waals surface area contributed by atoms with Crippen LogP contribution in [-0.2, 0) is 9.84 Å². The Morgan fingerprint density at radius 1 is 1.11 bits per heavy atom. The van der Waals surface area contributed by atoms with Gasteiger partial charge in [-0.2, -0.15) is 4.52 Å². The number of sulfone groups is 1. The highest BCUT2D eigenvalue weighted by atomic mass is 32.2. The van der Waals surface area contributed by atoms with Crippen LogP contribution in [-0.4, -0.2) is 41.3 Å². The average molecular weight is 416 g/mol. The van der Waals surface area contributed by atoms with Crippen LogP contribution in [0.15, 0.2) is 39.6 Å². The van der Waals surface area contributed by atoms with Crippen LogP contribution in [0, 0.1) is 13.8 Å². The van der Waals surface area contributed by atoms with Crippen molar-refractivity contribution in [3.63, 3.8) is 0 Å². The number of aromatic nitrogens is 4. The van der Waals surface area contributed by atoms with Crippen molar-refractivity contribution in [3.8, 4) is 0 Å². The summed E-state index contributed by atoms with van der Waals surface area (Å²) < 4.78 is 29.1. The van der Waals surface area contributed by atoms with E-state index in [9.17, 15) is 8.42 Å². The lowest BCUT2D eigenvalue weighted by atomic mass is 10.1. The minimum atomic E-state index is -3.84. The summed E-state index contributed by atoms with van der Waals surface area (Å²) in [6.07, 6.45) is 0. The van der Waals surface area contributed by atoms with Gasteiger partial charge in [0.2, 0.25) is 14.9 Å². The van der Waals surface area contributed by atoms with Gasteiger partial charge in [-0.15, -0.1) is 16.4 Å². The molecule has 7 nitrogen and oxygen atoms in total. The van der Waals surface area contributed by atoms with E-state index >= 15 is 0 Å². The lowest BCUT2D eigenvalue weighted by molar-refractivity contribution is 0.592. The van der Waals surface area contributed by atoms with Gasteiger partial charge in [-0.05, 0) is 62.4 Å². The molecular formula is C19H21N5O2S2. The van der Waals surface area contributed by atoms with Gasteiger partial charge in [0.05, 0.1) is 15.1 Å². The summed E-state index contributed by atoms with van der Waals surface area (Å²) in [5.74, 6) is 0.765. The van der Waals surface area contributed by atoms with E-state index in [2.05, 4.69) is 29.1 Å². The second-order valence-electron chi connectivity index (χ2n) is 6.62. The fraction of sp³-hybridized carbons (Fsp3) is 0.316. The van der Waals surface area contributed by atoms with Crippen LogP contribution in [0.25, 0.3) is 15.9 Å². The molecule has 0 radical (unpaired) electrons. The number of hydrogen-bond donors (Lipinski definition) is 0. The third-order valence-electron chi connectivity index (χ3n) is 5.01. The lowest BCUT2D eigenvalue weighted by Gasteiger charge is -2.20. The van der Waals surface area contributed by atoms with E-state index in [1.54, 1.807) is 29.5 Å². The third kappa shape index (κ3) is 2.77. The Bertz CT molecular complexity index is 1290. The van der Waals surface area contributed by atoms with Crippen LogP contribution in [0.2, 0.25) is 0 Å². The van der Waals surface area contributed by atoms with E-state index < -0.39 is 9.84 Å². The van der Waals surface area contributed by atoms with Gasteiger partial charge in [-0.3, -0.25) is 0 Å². The highest BCUT2D eigenvalue weighted by Crippen LogP contribution is 2.33. The average Bonchev–Trinajstić information content (AvgIpc) is 3.31. The molecule has 4 aromatic rings. The van der Waals surface area contributed by atoms with Crippen molar-refractivity contribution >= 4 is 42.9 Å². The van der Waals surface area contributed by atoms with E-state index in [0.29, 0.717) is 0 Å². The molecule has 0 fully saturated rings. The summed E-state index contributed by atoms with van der Waals surface area (Å²) in [4.78, 5) is 7.02. The minimum Gasteiger partial charge on any atom is -0.356 e. The number of hydrogen-bond acceptors (Lipinski definition) is 7. The van der Waals surface area contributed by atoms with Crippen molar-refractivity contribution in [1.29, 1.82) is 0 Å². The molecule has 0 saturated carbocycles. The Hall–Kier alpha value is -2.52. The van der Waals surface area contributed by atoms with Crippen LogP contribution in [0.4, 0.5) is 5.82 Å². The van der Waals surface area contributed by atoms with E-state index in [4.69, 9.17) is 4.98 Å². The fourth-order valence-corrected chi connectivity index (χ4v) is 5.42. The molecule has 0 bridgehead atoms. The third-order valence-corrected chi connectivity index (χ3v) is 7.56. The first kappa shape index (κ1) is 18.8. The van der Waals surface area contributed by atoms with Gasteiger partial charge in [0.25, 0.3) is 0 Å². The summed E-state index contributed by atoms with van der Waals surface area (Å²) >= 11 is 1.56. The second kappa shape index (κ2) is 6.82. The zero-order valence-electron chi connectivity index (χ0n) is 16.2. The van der Waals surface area contributed by atoms with Gasteiger partial charge >= 0.3 is 0 Å². The summed E-state index contributed by atoms with van der Waals surface area (Å²) in [5.41, 5.74) is 3.01. The number of aryl methyl sites for hydroxylation is 2. The molecule has 0 N–H and O–H groups in total. The van der Waals surface area contributed by atoms with Gasteiger partial charge in [0.15, 0.2) is 11.5 Å². The molecule has 3 aromatic heterocycles. The monoisotopic (exact) mass is 415 g/mol. The quantitative estimate of drug-likeness (QED) is 0.495. The van der Waals surface area contributed by atoms with E-state index in [0.717, 1.165) is 40.3 Å². The van der Waals surface area contributed by atoms with Gasteiger partial charge in [-0.25, -0.2) is 13.4 Å². The first-order chi connectivity index (χ1) is 13.4. The predicted molar refractivity (Wildman–Crippen MR) is 111 cm³/mol. The summed E-state index contributed by atoms with van der Waals surface area (Å²) in [5, 5.41) is 9.98. The maximum Gasteiger partial charge on any atom is 0.229 e. The normalized spacial score (nSPS) is 12.1. The Morgan fingerprint density at radius 2 is 1.86 bits per heavy atom. The second-order valence-corrected chi connectivity index (χ2v) is 9.40. The standard InChI is InChI=1S/C19H21N5O2S2/c1-5-23(6-2)17-16-15(9-10-27-16)24-18(20-17)19(21-22-24)28(25,26)14-8-7-12(3)13(4)11-14/h7-11H,5-6H2,1-4H3. The Morgan fingerprint density at radius 3 is 2.54 bits per heavy atom. The lowest BCUT2D eigenvalue weighted by Crippen LogP contribution is -2.23. The molecular weight excluding hydrogens is 394 g/mol. The molecule has 1 aromatic carbocycles. The molecule has 0 aliphatic carbocycles. The van der Waals surface area contributed by atoms with Crippen molar-refractivity contribution in [1.82, 2.24) is 19.8 Å². The Kier molecular flexibility index (Phi) is 4.59. The summed E-state index contributed by atoms with van der Waals surface area (Å²) in [7, 11) is -3.84. The maximum atomic E-state index is 13.3. The molecule has 28 heavy (non-hydrogen) atoms. The molecule has 3 heterocycles. The SMILES string of the molecule is CCN(CC)c1nc2c(S(=O)(=O)c3ccc(C)c(C)c3)nnn2c2ccsc12. The zero-order valence-corrected chi connectivity index (χ0v) is 17.8. The highest BCUT2D eigenvalue weighted by molar-refractivity contribution is 7.91. The molecule has 9 heteroatoms. The fourth-order valence-electron chi connectivity index (χ4n) is 3.21. The first-order valence-electron chi connectivity index (χ1n) is 9.08. The minimum absolute atomic E-state index is 0.114. The maximum absolute atomic E-state index is 13.3. The van der Waals surface area contributed by atoms with E-state index in [-0.39, 0.29) is 15.6 Å². The largest absolute Gasteiger partial charge is 0.356 e. The molecule has 146 valence electrons. The Balaban J connectivity index is 2.00.